The summed E-state index contributed by atoms with van der Waals surface area (Å²) in [5.74, 6) is -39.2. The minimum absolute atomic E-state index is 0.0148. The fourth-order valence-electron chi connectivity index (χ4n) is 2.18. The molecule has 0 saturated carbocycles. The van der Waals surface area contributed by atoms with Crippen LogP contribution in [0.5, 0.6) is 5.75 Å². The van der Waals surface area contributed by atoms with E-state index in [1.165, 1.54) is 31.4 Å². The lowest BCUT2D eigenvalue weighted by Gasteiger charge is -2.39. The van der Waals surface area contributed by atoms with Crippen molar-refractivity contribution in [3.8, 4) is 5.75 Å². The molecular formula is C17H13F13O2S. The Hall–Kier alpha value is -1.87. The lowest BCUT2D eigenvalue weighted by molar-refractivity contribution is -0.439. The Morgan fingerprint density at radius 1 is 0.758 bits per heavy atom. The zero-order valence-electron chi connectivity index (χ0n) is 16.1. The minimum atomic E-state index is -7.91. The predicted octanol–water partition coefficient (Wildman–Crippen LogP) is 6.74. The lowest BCUT2D eigenvalue weighted by Crippen LogP contribution is -2.70. The van der Waals surface area contributed by atoms with Crippen LogP contribution in [0.1, 0.15) is 16.8 Å². The van der Waals surface area contributed by atoms with Crippen molar-refractivity contribution >= 4 is 17.5 Å². The zero-order chi connectivity index (χ0) is 26.1. The normalized spacial score (nSPS) is 14.4. The summed E-state index contributed by atoms with van der Waals surface area (Å²) < 4.78 is 174. The van der Waals surface area contributed by atoms with Gasteiger partial charge in [-0.1, -0.05) is 0 Å². The van der Waals surface area contributed by atoms with Gasteiger partial charge in [-0.2, -0.15) is 68.8 Å². The van der Waals surface area contributed by atoms with Crippen LogP contribution in [0.3, 0.4) is 0 Å². The van der Waals surface area contributed by atoms with Crippen molar-refractivity contribution in [3.05, 3.63) is 29.8 Å². The van der Waals surface area contributed by atoms with E-state index in [9.17, 15) is 61.9 Å². The molecule has 0 amide bonds. The average Bonchev–Trinajstić information content (AvgIpc) is 2.69. The third kappa shape index (κ3) is 5.29. The second kappa shape index (κ2) is 9.41. The van der Waals surface area contributed by atoms with Crippen LogP contribution in [-0.4, -0.2) is 60.2 Å². The Balaban J connectivity index is 2.91. The summed E-state index contributed by atoms with van der Waals surface area (Å²) in [7, 11) is 1.31. The van der Waals surface area contributed by atoms with Crippen molar-refractivity contribution < 1.29 is 66.6 Å². The van der Waals surface area contributed by atoms with Gasteiger partial charge >= 0.3 is 35.8 Å². The summed E-state index contributed by atoms with van der Waals surface area (Å²) in [5.41, 5.74) is 0.0148. The predicted molar refractivity (Wildman–Crippen MR) is 90.1 cm³/mol. The van der Waals surface area contributed by atoms with Crippen molar-refractivity contribution in [2.75, 3.05) is 18.6 Å². The topological polar surface area (TPSA) is 26.3 Å². The van der Waals surface area contributed by atoms with E-state index in [4.69, 9.17) is 4.74 Å². The van der Waals surface area contributed by atoms with Crippen LogP contribution >= 0.6 is 11.8 Å². The molecule has 2 nitrogen and oxygen atoms in total. The lowest BCUT2D eigenvalue weighted by atomic mass is 9.93. The highest BCUT2D eigenvalue weighted by Crippen LogP contribution is 2.60. The standard InChI is InChI=1S/C17H13F13O2S/c1-32-10-4-2-9(3-5-10)11(31)8-33-7-6-12(18,19)13(20,21)14(22,23)15(24,25)16(26,27)17(28,29)30/h2-5H,6-8H2,1H3. The number of carbonyl (C=O) groups excluding carboxylic acids is 1. The summed E-state index contributed by atoms with van der Waals surface area (Å²) in [5, 5.41) is 0. The Morgan fingerprint density at radius 3 is 1.64 bits per heavy atom. The van der Waals surface area contributed by atoms with E-state index in [1.54, 1.807) is 0 Å². The summed E-state index contributed by atoms with van der Waals surface area (Å²) in [6.07, 6.45) is -9.78. The highest BCUT2D eigenvalue weighted by Gasteiger charge is 2.90. The van der Waals surface area contributed by atoms with Crippen molar-refractivity contribution in [1.29, 1.82) is 0 Å². The Labute approximate surface area is 181 Å². The van der Waals surface area contributed by atoms with E-state index >= 15 is 0 Å². The molecule has 0 aliphatic carbocycles. The number of benzene rings is 1. The maximum atomic E-state index is 13.6. The van der Waals surface area contributed by atoms with E-state index in [0.717, 1.165) is 0 Å². The number of ketones is 1. The van der Waals surface area contributed by atoms with E-state index in [-0.39, 0.29) is 17.3 Å². The fraction of sp³-hybridized carbons (Fsp3) is 0.588. The Kier molecular flexibility index (Phi) is 8.31. The van der Waals surface area contributed by atoms with Gasteiger partial charge in [0.2, 0.25) is 0 Å². The summed E-state index contributed by atoms with van der Waals surface area (Å²) >= 11 is 0.182. The molecule has 1 rings (SSSR count). The summed E-state index contributed by atoms with van der Waals surface area (Å²) in [6, 6.07) is 5.17. The number of ether oxygens (including phenoxy) is 1. The number of hydrogen-bond donors (Lipinski definition) is 0. The molecule has 0 heterocycles. The van der Waals surface area contributed by atoms with Crippen molar-refractivity contribution in [1.82, 2.24) is 0 Å². The maximum Gasteiger partial charge on any atom is 0.460 e. The van der Waals surface area contributed by atoms with Gasteiger partial charge < -0.3 is 4.74 Å². The van der Waals surface area contributed by atoms with Crippen LogP contribution in [0, 0.1) is 0 Å². The molecule has 0 bridgehead atoms. The van der Waals surface area contributed by atoms with Gasteiger partial charge in [0.1, 0.15) is 5.75 Å². The van der Waals surface area contributed by atoms with Crippen molar-refractivity contribution in [2.24, 2.45) is 0 Å². The summed E-state index contributed by atoms with van der Waals surface area (Å²) in [4.78, 5) is 11.9. The van der Waals surface area contributed by atoms with E-state index in [0.29, 0.717) is 5.75 Å². The van der Waals surface area contributed by atoms with Gasteiger partial charge in [-0.3, -0.25) is 4.79 Å². The number of carbonyl (C=O) groups is 1. The number of Topliss-reactive ketones (excluding diaryl/α,β-unsaturated/α-hetero) is 1. The first-order valence-electron chi connectivity index (χ1n) is 8.38. The van der Waals surface area contributed by atoms with Crippen LogP contribution in [0.4, 0.5) is 57.1 Å². The molecule has 0 aliphatic heterocycles. The second-order valence-corrected chi connectivity index (χ2v) is 7.56. The molecule has 0 saturated heterocycles. The first-order valence-corrected chi connectivity index (χ1v) is 9.53. The second-order valence-electron chi connectivity index (χ2n) is 6.45. The SMILES string of the molecule is COc1ccc(C(=O)CSCCC(F)(F)C(F)(F)C(F)(F)C(F)(F)C(F)(F)C(F)(F)F)cc1. The van der Waals surface area contributed by atoms with Gasteiger partial charge in [-0.05, 0) is 30.0 Å². The molecule has 1 aromatic carbocycles. The van der Waals surface area contributed by atoms with Gasteiger partial charge in [-0.15, -0.1) is 0 Å². The van der Waals surface area contributed by atoms with Gasteiger partial charge in [-0.25, -0.2) is 0 Å². The van der Waals surface area contributed by atoms with E-state index in [1.807, 2.05) is 0 Å². The van der Waals surface area contributed by atoms with Gasteiger partial charge in [0.25, 0.3) is 0 Å². The minimum Gasteiger partial charge on any atom is -0.497 e. The molecule has 33 heavy (non-hydrogen) atoms. The monoisotopic (exact) mass is 528 g/mol. The molecule has 0 fully saturated rings. The van der Waals surface area contributed by atoms with Gasteiger partial charge in [0.05, 0.1) is 12.9 Å². The molecule has 0 aromatic heterocycles. The number of halogens is 13. The van der Waals surface area contributed by atoms with Crippen LogP contribution in [0.25, 0.3) is 0 Å². The van der Waals surface area contributed by atoms with Gasteiger partial charge in [0.15, 0.2) is 5.78 Å². The first kappa shape index (κ1) is 29.2. The molecule has 0 atom stereocenters. The molecule has 190 valence electrons. The molecule has 0 unspecified atom stereocenters. The van der Waals surface area contributed by atoms with Crippen LogP contribution < -0.4 is 4.74 Å². The molecule has 0 N–H and O–H groups in total. The average molecular weight is 528 g/mol. The van der Waals surface area contributed by atoms with Crippen LogP contribution in [-0.2, 0) is 0 Å². The van der Waals surface area contributed by atoms with Gasteiger partial charge in [0, 0.05) is 12.0 Å². The number of hydrogen-bond acceptors (Lipinski definition) is 3. The quantitative estimate of drug-likeness (QED) is 0.181. The molecule has 0 aliphatic rings. The highest BCUT2D eigenvalue weighted by molar-refractivity contribution is 7.99. The molecule has 0 spiro atoms. The number of thioether (sulfide) groups is 1. The number of rotatable bonds is 11. The Bertz CT molecular complexity index is 819. The third-order valence-electron chi connectivity index (χ3n) is 4.20. The third-order valence-corrected chi connectivity index (χ3v) is 5.16. The number of alkyl halides is 13. The molecule has 0 radical (unpaired) electrons. The van der Waals surface area contributed by atoms with Crippen molar-refractivity contribution in [2.45, 2.75) is 42.2 Å². The Morgan fingerprint density at radius 2 is 1.21 bits per heavy atom. The maximum absolute atomic E-state index is 13.6. The highest BCUT2D eigenvalue weighted by atomic mass is 32.2. The first-order chi connectivity index (χ1) is 14.7. The van der Waals surface area contributed by atoms with Crippen molar-refractivity contribution in [3.63, 3.8) is 0 Å². The van der Waals surface area contributed by atoms with Crippen LogP contribution in [0.15, 0.2) is 24.3 Å². The number of methoxy groups -OCH3 is 1. The molecule has 1 aromatic rings. The van der Waals surface area contributed by atoms with Crippen LogP contribution in [0.2, 0.25) is 0 Å². The fourth-order valence-corrected chi connectivity index (χ4v) is 3.08. The smallest absolute Gasteiger partial charge is 0.460 e. The molecular weight excluding hydrogens is 515 g/mol. The summed E-state index contributed by atoms with van der Waals surface area (Å²) in [6.45, 7) is 0. The van der Waals surface area contributed by atoms with E-state index < -0.39 is 59.5 Å². The van der Waals surface area contributed by atoms with E-state index in [2.05, 4.69) is 0 Å². The largest absolute Gasteiger partial charge is 0.497 e. The molecule has 16 heteroatoms. The zero-order valence-corrected chi connectivity index (χ0v) is 16.9.